The number of ether oxygens (including phenoxy) is 5. The number of nitrogens with one attached hydrogen (secondary N) is 3. The number of aromatic nitrogens is 2. The third-order valence-electron chi connectivity index (χ3n) is 6.70. The van der Waals surface area contributed by atoms with Crippen molar-refractivity contribution >= 4 is 33.3 Å². The van der Waals surface area contributed by atoms with Crippen LogP contribution in [0.5, 0.6) is 11.5 Å². The van der Waals surface area contributed by atoms with Gasteiger partial charge in [0.05, 0.1) is 67.0 Å². The second-order valence-electron chi connectivity index (χ2n) is 10.3. The van der Waals surface area contributed by atoms with Gasteiger partial charge in [-0.1, -0.05) is 6.07 Å². The number of fused-ring (bicyclic) bond motifs is 1. The molecule has 3 aromatic heterocycles. The second kappa shape index (κ2) is 17.1. The van der Waals surface area contributed by atoms with E-state index in [4.69, 9.17) is 23.7 Å². The molecule has 3 N–H and O–H groups in total. The minimum Gasteiger partial charge on any atom is -0.453 e. The zero-order chi connectivity index (χ0) is 31.3. The fraction of sp³-hybridized carbons (Fsp3) is 0.406. The van der Waals surface area contributed by atoms with Gasteiger partial charge in [0.2, 0.25) is 0 Å². The molecule has 2 amide bonds. The summed E-state index contributed by atoms with van der Waals surface area (Å²) in [7, 11) is 1.64. The molecule has 1 fully saturated rings. The van der Waals surface area contributed by atoms with Crippen LogP contribution < -0.4 is 20.7 Å². The molecule has 1 aliphatic carbocycles. The molecule has 0 spiro atoms. The highest BCUT2D eigenvalue weighted by molar-refractivity contribution is 7.22. The summed E-state index contributed by atoms with van der Waals surface area (Å²) >= 11 is 1.48. The maximum absolute atomic E-state index is 14.9. The Hall–Kier alpha value is -3.72. The summed E-state index contributed by atoms with van der Waals surface area (Å²) in [6.07, 6.45) is 5.42. The van der Waals surface area contributed by atoms with Gasteiger partial charge in [-0.25, -0.2) is 9.18 Å². The van der Waals surface area contributed by atoms with Gasteiger partial charge in [0.15, 0.2) is 11.6 Å². The fourth-order valence-corrected chi connectivity index (χ4v) is 5.26. The molecule has 3 heterocycles. The van der Waals surface area contributed by atoms with E-state index >= 15 is 0 Å². The largest absolute Gasteiger partial charge is 0.453 e. The minimum atomic E-state index is -0.581. The first-order valence-corrected chi connectivity index (χ1v) is 15.7. The Bertz CT molecular complexity index is 1520. The number of thiophene rings is 1. The van der Waals surface area contributed by atoms with E-state index in [1.165, 1.54) is 23.5 Å². The number of halogens is 1. The standard InChI is InChI=1S/C32H38FN5O6S/c1-40-12-13-42-16-17-43-15-14-41-11-10-34-20-22-2-6-26(36-21-22)30-19-27-31(45-30)29(8-9-35-27)44-28-7-5-24(18-25(28)33)38-32(39)37-23-3-4-23/h2,5-9,18-19,21,23,34H,3-4,10-17,20H2,1H3,(H2,37,38,39). The molecule has 1 saturated carbocycles. The number of carbonyl (C=O) groups excluding carboxylic acids is 1. The molecular weight excluding hydrogens is 601 g/mol. The van der Waals surface area contributed by atoms with Gasteiger partial charge in [-0.05, 0) is 42.7 Å². The lowest BCUT2D eigenvalue weighted by Gasteiger charge is -2.10. The van der Waals surface area contributed by atoms with Crippen LogP contribution in [0.3, 0.4) is 0 Å². The molecule has 0 aliphatic heterocycles. The van der Waals surface area contributed by atoms with Crippen molar-refractivity contribution in [3.8, 4) is 22.1 Å². The molecule has 1 aromatic carbocycles. The summed E-state index contributed by atoms with van der Waals surface area (Å²) in [5.74, 6) is -0.0364. The summed E-state index contributed by atoms with van der Waals surface area (Å²) in [4.78, 5) is 22.0. The molecule has 45 heavy (non-hydrogen) atoms. The van der Waals surface area contributed by atoms with E-state index < -0.39 is 5.82 Å². The second-order valence-corrected chi connectivity index (χ2v) is 11.4. The molecule has 13 heteroatoms. The van der Waals surface area contributed by atoms with Crippen LogP contribution in [-0.4, -0.2) is 81.9 Å². The van der Waals surface area contributed by atoms with E-state index in [1.54, 1.807) is 25.4 Å². The molecule has 0 saturated heterocycles. The molecule has 0 unspecified atom stereocenters. The third kappa shape index (κ3) is 10.4. The van der Waals surface area contributed by atoms with E-state index in [1.807, 2.05) is 24.4 Å². The quantitative estimate of drug-likeness (QED) is 0.116. The van der Waals surface area contributed by atoms with Crippen LogP contribution in [0, 0.1) is 5.82 Å². The smallest absolute Gasteiger partial charge is 0.319 e. The number of methoxy groups -OCH3 is 1. The summed E-state index contributed by atoms with van der Waals surface area (Å²) < 4.78 is 42.9. The number of nitrogens with zero attached hydrogens (tertiary/aromatic N) is 2. The maximum Gasteiger partial charge on any atom is 0.319 e. The summed E-state index contributed by atoms with van der Waals surface area (Å²) in [6.45, 7) is 5.27. The lowest BCUT2D eigenvalue weighted by molar-refractivity contribution is 0.00408. The third-order valence-corrected chi connectivity index (χ3v) is 7.86. The van der Waals surface area contributed by atoms with E-state index in [0.29, 0.717) is 70.8 Å². The Morgan fingerprint density at radius 3 is 2.42 bits per heavy atom. The lowest BCUT2D eigenvalue weighted by atomic mass is 10.2. The molecular formula is C32H38FN5O6S. The van der Waals surface area contributed by atoms with E-state index in [2.05, 4.69) is 25.9 Å². The van der Waals surface area contributed by atoms with Crippen molar-refractivity contribution in [2.45, 2.75) is 25.4 Å². The first kappa shape index (κ1) is 32.7. The minimum absolute atomic E-state index is 0.0545. The highest BCUT2D eigenvalue weighted by Crippen LogP contribution is 2.39. The number of anilines is 1. The lowest BCUT2D eigenvalue weighted by Crippen LogP contribution is -2.30. The van der Waals surface area contributed by atoms with Crippen molar-refractivity contribution in [1.29, 1.82) is 0 Å². The van der Waals surface area contributed by atoms with Crippen LogP contribution in [0.2, 0.25) is 0 Å². The molecule has 1 aliphatic rings. The number of hydrogen-bond donors (Lipinski definition) is 3. The first-order valence-electron chi connectivity index (χ1n) is 14.9. The number of pyridine rings is 2. The predicted octanol–water partition coefficient (Wildman–Crippen LogP) is 5.36. The normalized spacial score (nSPS) is 12.8. The van der Waals surface area contributed by atoms with E-state index in [0.717, 1.165) is 39.2 Å². The average Bonchev–Trinajstić information content (AvgIpc) is 3.74. The van der Waals surface area contributed by atoms with Crippen LogP contribution in [0.4, 0.5) is 14.9 Å². The van der Waals surface area contributed by atoms with Gasteiger partial charge >= 0.3 is 6.03 Å². The van der Waals surface area contributed by atoms with Crippen LogP contribution in [0.15, 0.2) is 54.9 Å². The van der Waals surface area contributed by atoms with E-state index in [-0.39, 0.29) is 17.8 Å². The Balaban J connectivity index is 1.06. The summed E-state index contributed by atoms with van der Waals surface area (Å²) in [6, 6.07) is 11.9. The number of hydrogen-bond acceptors (Lipinski definition) is 10. The van der Waals surface area contributed by atoms with Crippen molar-refractivity contribution in [1.82, 2.24) is 20.6 Å². The number of rotatable bonds is 19. The topological polar surface area (TPSA) is 125 Å². The van der Waals surface area contributed by atoms with Crippen molar-refractivity contribution < 1.29 is 32.9 Å². The van der Waals surface area contributed by atoms with Gasteiger partial charge in [-0.3, -0.25) is 9.97 Å². The van der Waals surface area contributed by atoms with Crippen molar-refractivity contribution in [2.24, 2.45) is 0 Å². The van der Waals surface area contributed by atoms with Crippen LogP contribution in [-0.2, 0) is 25.5 Å². The van der Waals surface area contributed by atoms with E-state index in [9.17, 15) is 9.18 Å². The average molecular weight is 640 g/mol. The van der Waals surface area contributed by atoms with Gasteiger partial charge in [-0.15, -0.1) is 11.3 Å². The molecule has 5 rings (SSSR count). The number of benzene rings is 1. The Morgan fingerprint density at radius 2 is 1.71 bits per heavy atom. The zero-order valence-electron chi connectivity index (χ0n) is 25.2. The highest BCUT2D eigenvalue weighted by Gasteiger charge is 2.23. The molecule has 0 bridgehead atoms. The van der Waals surface area contributed by atoms with Gasteiger partial charge in [0.25, 0.3) is 0 Å². The molecule has 4 aromatic rings. The van der Waals surface area contributed by atoms with Crippen LogP contribution >= 0.6 is 11.3 Å². The number of amides is 2. The monoisotopic (exact) mass is 639 g/mol. The van der Waals surface area contributed by atoms with Gasteiger partial charge in [-0.2, -0.15) is 0 Å². The molecule has 0 radical (unpaired) electrons. The Kier molecular flexibility index (Phi) is 12.4. The summed E-state index contributed by atoms with van der Waals surface area (Å²) in [5.41, 5.74) is 2.95. The van der Waals surface area contributed by atoms with Gasteiger partial charge < -0.3 is 39.6 Å². The Morgan fingerprint density at radius 1 is 0.933 bits per heavy atom. The number of carbonyl (C=O) groups is 1. The zero-order valence-corrected chi connectivity index (χ0v) is 26.0. The molecule has 240 valence electrons. The number of urea groups is 1. The van der Waals surface area contributed by atoms with Crippen molar-refractivity contribution in [2.75, 3.05) is 65.2 Å². The SMILES string of the molecule is COCCOCCOCCOCCNCc1ccc(-c2cc3nccc(Oc4ccc(NC(=O)NC5CC5)cc4F)c3s2)nc1. The summed E-state index contributed by atoms with van der Waals surface area (Å²) in [5, 5.41) is 8.82. The van der Waals surface area contributed by atoms with Crippen LogP contribution in [0.25, 0.3) is 20.8 Å². The van der Waals surface area contributed by atoms with Gasteiger partial charge in [0, 0.05) is 56.5 Å². The highest BCUT2D eigenvalue weighted by atomic mass is 32.1. The van der Waals surface area contributed by atoms with Gasteiger partial charge in [0.1, 0.15) is 5.75 Å². The van der Waals surface area contributed by atoms with Crippen LogP contribution in [0.1, 0.15) is 18.4 Å². The maximum atomic E-state index is 14.9. The molecule has 11 nitrogen and oxygen atoms in total. The van der Waals surface area contributed by atoms with Crippen molar-refractivity contribution in [3.63, 3.8) is 0 Å². The predicted molar refractivity (Wildman–Crippen MR) is 171 cm³/mol. The fourth-order valence-electron chi connectivity index (χ4n) is 4.22. The first-order chi connectivity index (χ1) is 22.1. The molecule has 0 atom stereocenters. The Labute approximate surface area is 265 Å². The van der Waals surface area contributed by atoms with Crippen molar-refractivity contribution in [3.05, 3.63) is 66.2 Å².